The molecule has 0 fully saturated rings. The number of amides is 2. The molecule has 0 spiro atoms. The van der Waals surface area contributed by atoms with Gasteiger partial charge in [0.25, 0.3) is 0 Å². The Morgan fingerprint density at radius 3 is 2.02 bits per heavy atom. The van der Waals surface area contributed by atoms with Crippen molar-refractivity contribution in [2.75, 3.05) is 0 Å². The Kier molecular flexibility index (Phi) is 9.56. The van der Waals surface area contributed by atoms with Gasteiger partial charge in [0.15, 0.2) is 0 Å². The Bertz CT molecular complexity index is 1340. The zero-order chi connectivity index (χ0) is 29.7. The van der Waals surface area contributed by atoms with Crippen LogP contribution in [0.3, 0.4) is 0 Å². The maximum Gasteiger partial charge on any atom is 0.435 e. The van der Waals surface area contributed by atoms with Crippen LogP contribution in [-0.2, 0) is 21.3 Å². The number of rotatable bonds is 5. The first-order valence-corrected chi connectivity index (χ1v) is 14.4. The van der Waals surface area contributed by atoms with Gasteiger partial charge in [0.05, 0.1) is 11.2 Å². The second kappa shape index (κ2) is 12.3. The van der Waals surface area contributed by atoms with Crippen molar-refractivity contribution in [2.24, 2.45) is 4.99 Å². The molecule has 0 aliphatic heterocycles. The van der Waals surface area contributed by atoms with Crippen molar-refractivity contribution in [3.8, 4) is 22.4 Å². The van der Waals surface area contributed by atoms with E-state index in [9.17, 15) is 9.59 Å². The second-order valence-electron chi connectivity index (χ2n) is 12.8. The Morgan fingerprint density at radius 1 is 0.850 bits per heavy atom. The van der Waals surface area contributed by atoms with Gasteiger partial charge < -0.3 is 9.47 Å². The maximum absolute atomic E-state index is 12.5. The molecule has 0 unspecified atom stereocenters. The molecule has 0 bridgehead atoms. The van der Waals surface area contributed by atoms with E-state index in [0.717, 1.165) is 27.9 Å². The minimum absolute atomic E-state index is 0.0666. The number of aryl methyl sites for hydroxylation is 1. The average Bonchev–Trinajstić information content (AvgIpc) is 3.34. The summed E-state index contributed by atoms with van der Waals surface area (Å²) in [5, 5.41) is 4.67. The van der Waals surface area contributed by atoms with E-state index in [2.05, 4.69) is 78.5 Å². The third-order valence-electron chi connectivity index (χ3n) is 5.72. The molecule has 0 saturated carbocycles. The van der Waals surface area contributed by atoms with Crippen LogP contribution in [0.1, 0.15) is 79.9 Å². The summed E-state index contributed by atoms with van der Waals surface area (Å²) in [5.41, 5.74) is 6.82. The summed E-state index contributed by atoms with van der Waals surface area (Å²) >= 11 is 1.54. The molecule has 3 aromatic rings. The van der Waals surface area contributed by atoms with Crippen LogP contribution in [0.2, 0.25) is 0 Å². The van der Waals surface area contributed by atoms with Crippen molar-refractivity contribution in [3.63, 3.8) is 0 Å². The van der Waals surface area contributed by atoms with Gasteiger partial charge in [-0.25, -0.2) is 14.6 Å². The fraction of sp³-hybridized carbons (Fsp3) is 0.438. The highest BCUT2D eigenvalue weighted by Gasteiger charge is 2.21. The summed E-state index contributed by atoms with van der Waals surface area (Å²) in [6, 6.07) is 15.0. The van der Waals surface area contributed by atoms with Gasteiger partial charge in [-0.3, -0.25) is 5.32 Å². The molecular formula is C32H41N3O4S. The van der Waals surface area contributed by atoms with Gasteiger partial charge >= 0.3 is 12.2 Å². The number of hydrogen-bond acceptors (Lipinski definition) is 6. The van der Waals surface area contributed by atoms with Gasteiger partial charge in [-0.15, -0.1) is 11.3 Å². The predicted octanol–water partition coefficient (Wildman–Crippen LogP) is 8.57. The average molecular weight is 564 g/mol. The maximum atomic E-state index is 12.5. The number of ether oxygens (including phenoxy) is 2. The fourth-order valence-corrected chi connectivity index (χ4v) is 4.46. The summed E-state index contributed by atoms with van der Waals surface area (Å²) < 4.78 is 10.7. The number of aromatic nitrogens is 1. The Labute approximate surface area is 242 Å². The van der Waals surface area contributed by atoms with Crippen molar-refractivity contribution in [1.29, 1.82) is 0 Å². The van der Waals surface area contributed by atoms with Crippen LogP contribution >= 0.6 is 11.3 Å². The van der Waals surface area contributed by atoms with Crippen molar-refractivity contribution >= 4 is 29.4 Å². The summed E-state index contributed by atoms with van der Waals surface area (Å²) in [6.45, 7) is 17.2. The molecule has 0 saturated heterocycles. The molecule has 1 aromatic heterocycles. The fourth-order valence-electron chi connectivity index (χ4n) is 3.89. The molecule has 8 heteroatoms. The van der Waals surface area contributed by atoms with Gasteiger partial charge in [0, 0.05) is 17.4 Å². The van der Waals surface area contributed by atoms with Crippen LogP contribution in [0.15, 0.2) is 58.3 Å². The summed E-state index contributed by atoms with van der Waals surface area (Å²) in [5.74, 6) is 0.179. The molecule has 2 aromatic carbocycles. The first-order chi connectivity index (χ1) is 18.5. The molecule has 1 N–H and O–H groups in total. The Morgan fingerprint density at radius 2 is 1.48 bits per heavy atom. The highest BCUT2D eigenvalue weighted by atomic mass is 32.1. The van der Waals surface area contributed by atoms with Gasteiger partial charge in [-0.05, 0) is 87.8 Å². The number of benzene rings is 2. The topological polar surface area (TPSA) is 89.9 Å². The van der Waals surface area contributed by atoms with Gasteiger partial charge in [0.1, 0.15) is 17.0 Å². The van der Waals surface area contributed by atoms with Crippen LogP contribution in [-0.4, -0.2) is 34.2 Å². The van der Waals surface area contributed by atoms with E-state index in [0.29, 0.717) is 12.8 Å². The molecule has 1 heterocycles. The zero-order valence-corrected chi connectivity index (χ0v) is 25.9. The van der Waals surface area contributed by atoms with Crippen molar-refractivity contribution in [2.45, 2.75) is 91.8 Å². The van der Waals surface area contributed by atoms with E-state index in [4.69, 9.17) is 9.47 Å². The lowest BCUT2D eigenvalue weighted by Gasteiger charge is -2.21. The number of carbonyl (C=O) groups is 2. The minimum Gasteiger partial charge on any atom is -0.444 e. The van der Waals surface area contributed by atoms with Crippen LogP contribution in [0, 0.1) is 0 Å². The zero-order valence-electron chi connectivity index (χ0n) is 25.0. The van der Waals surface area contributed by atoms with E-state index in [-0.39, 0.29) is 11.3 Å². The highest BCUT2D eigenvalue weighted by molar-refractivity contribution is 7.07. The predicted molar refractivity (Wildman–Crippen MR) is 163 cm³/mol. The molecule has 0 aliphatic rings. The minimum atomic E-state index is -0.769. The summed E-state index contributed by atoms with van der Waals surface area (Å²) in [4.78, 5) is 33.6. The number of aliphatic imine (C=N–C) groups is 1. The first-order valence-electron chi connectivity index (χ1n) is 13.4. The molecule has 0 aliphatic carbocycles. The number of nitrogens with zero attached hydrogens (tertiary/aromatic N) is 2. The summed E-state index contributed by atoms with van der Waals surface area (Å²) in [6.07, 6.45) is -0.635. The van der Waals surface area contributed by atoms with Crippen LogP contribution < -0.4 is 5.32 Å². The van der Waals surface area contributed by atoms with E-state index in [1.807, 2.05) is 10.9 Å². The number of amidine groups is 1. The largest absolute Gasteiger partial charge is 0.444 e. The first kappa shape index (κ1) is 31.0. The van der Waals surface area contributed by atoms with Crippen LogP contribution in [0.4, 0.5) is 9.59 Å². The smallest absolute Gasteiger partial charge is 0.435 e. The third kappa shape index (κ3) is 9.90. The quantitative estimate of drug-likeness (QED) is 0.248. The lowest BCUT2D eigenvalue weighted by Crippen LogP contribution is -2.37. The van der Waals surface area contributed by atoms with Gasteiger partial charge in [-0.2, -0.15) is 4.99 Å². The van der Waals surface area contributed by atoms with Crippen LogP contribution in [0.25, 0.3) is 22.4 Å². The molecule has 214 valence electrons. The molecule has 7 nitrogen and oxygen atoms in total. The van der Waals surface area contributed by atoms with E-state index >= 15 is 0 Å². The van der Waals surface area contributed by atoms with Crippen molar-refractivity contribution in [3.05, 3.63) is 64.5 Å². The molecule has 0 radical (unpaired) electrons. The lowest BCUT2D eigenvalue weighted by atomic mass is 9.86. The Hall–Kier alpha value is -3.52. The van der Waals surface area contributed by atoms with Gasteiger partial charge in [0.2, 0.25) is 0 Å². The SMILES string of the molecule is CC(C)(C)OC(=O)N=C(CCc1cc(-c2ccc(C(C)(C)C)cc2)cc(-c2cscn2)c1)NC(=O)OC(C)(C)C. The van der Waals surface area contributed by atoms with E-state index in [1.54, 1.807) is 52.9 Å². The monoisotopic (exact) mass is 563 g/mol. The van der Waals surface area contributed by atoms with Crippen LogP contribution in [0.5, 0.6) is 0 Å². The third-order valence-corrected chi connectivity index (χ3v) is 6.31. The molecule has 40 heavy (non-hydrogen) atoms. The number of carbonyl (C=O) groups excluding carboxylic acids is 2. The molecular weight excluding hydrogens is 522 g/mol. The van der Waals surface area contributed by atoms with E-state index in [1.165, 1.54) is 5.56 Å². The van der Waals surface area contributed by atoms with Crippen molar-refractivity contribution in [1.82, 2.24) is 10.3 Å². The number of nitrogens with one attached hydrogen (secondary N) is 1. The Balaban J connectivity index is 1.92. The van der Waals surface area contributed by atoms with E-state index < -0.39 is 23.4 Å². The lowest BCUT2D eigenvalue weighted by molar-refractivity contribution is 0.0561. The molecule has 0 atom stereocenters. The number of thiazole rings is 1. The normalized spacial score (nSPS) is 12.7. The molecule has 2 amide bonds. The van der Waals surface area contributed by atoms with Gasteiger partial charge in [-0.1, -0.05) is 51.1 Å². The standard InChI is InChI=1S/C32H41N3O4S/c1-30(2,3)25-13-11-22(12-14-25)23-16-21(17-24(18-23)26-19-40-20-33-26)10-15-27(34-28(36)38-31(4,5)6)35-29(37)39-32(7,8)9/h11-14,16-20H,10,15H2,1-9H3,(H,34,35,36,37). The molecule has 3 rings (SSSR count). The van der Waals surface area contributed by atoms with Crippen molar-refractivity contribution < 1.29 is 19.1 Å². The second-order valence-corrected chi connectivity index (χ2v) is 13.5. The number of alkyl carbamates (subject to hydrolysis) is 1. The number of hydrogen-bond donors (Lipinski definition) is 1. The highest BCUT2D eigenvalue weighted by Crippen LogP contribution is 2.31. The summed E-state index contributed by atoms with van der Waals surface area (Å²) in [7, 11) is 0.